The van der Waals surface area contributed by atoms with Crippen LogP contribution in [0, 0.1) is 0 Å². The second kappa shape index (κ2) is 6.15. The summed E-state index contributed by atoms with van der Waals surface area (Å²) in [6.07, 6.45) is 1.96. The van der Waals surface area contributed by atoms with Gasteiger partial charge in [0, 0.05) is 19.7 Å². The molecule has 0 aromatic heterocycles. The van der Waals surface area contributed by atoms with Gasteiger partial charge < -0.3 is 19.5 Å². The Balaban J connectivity index is 1.79. The first-order valence-electron chi connectivity index (χ1n) is 6.38. The van der Waals surface area contributed by atoms with Gasteiger partial charge in [-0.25, -0.2) is 0 Å². The van der Waals surface area contributed by atoms with Crippen LogP contribution in [0.2, 0.25) is 0 Å². The van der Waals surface area contributed by atoms with E-state index in [1.165, 1.54) is 0 Å². The number of nitrogens with zero attached hydrogens (tertiary/aromatic N) is 1. The minimum Gasteiger partial charge on any atom is -0.481 e. The maximum atomic E-state index is 12.0. The van der Waals surface area contributed by atoms with E-state index >= 15 is 0 Å². The van der Waals surface area contributed by atoms with Crippen LogP contribution in [0.3, 0.4) is 0 Å². The highest BCUT2D eigenvalue weighted by atomic mass is 16.5. The van der Waals surface area contributed by atoms with Gasteiger partial charge in [0.25, 0.3) is 0 Å². The van der Waals surface area contributed by atoms with Crippen LogP contribution in [0.15, 0.2) is 0 Å². The predicted octanol–water partition coefficient (Wildman–Crippen LogP) is 0.258. The van der Waals surface area contributed by atoms with Gasteiger partial charge in [0.05, 0.1) is 31.7 Å². The molecule has 2 atom stereocenters. The van der Waals surface area contributed by atoms with E-state index in [4.69, 9.17) is 14.6 Å². The van der Waals surface area contributed by atoms with Crippen molar-refractivity contribution in [2.45, 2.75) is 37.9 Å². The Bertz CT molecular complexity index is 314. The number of aliphatic carboxylic acids is 1. The second-order valence-corrected chi connectivity index (χ2v) is 4.77. The Kier molecular flexibility index (Phi) is 4.54. The molecular weight excluding hydrogens is 238 g/mol. The van der Waals surface area contributed by atoms with Gasteiger partial charge in [0.1, 0.15) is 0 Å². The van der Waals surface area contributed by atoms with Crippen LogP contribution >= 0.6 is 0 Å². The van der Waals surface area contributed by atoms with Gasteiger partial charge in [-0.2, -0.15) is 0 Å². The zero-order chi connectivity index (χ0) is 13.0. The third-order valence-corrected chi connectivity index (χ3v) is 3.32. The first-order chi connectivity index (χ1) is 8.65. The molecule has 0 aromatic carbocycles. The molecule has 2 fully saturated rings. The van der Waals surface area contributed by atoms with E-state index in [0.717, 1.165) is 19.4 Å². The molecule has 0 saturated carbocycles. The first kappa shape index (κ1) is 13.3. The number of carbonyl (C=O) groups excluding carboxylic acids is 1. The van der Waals surface area contributed by atoms with Crippen LogP contribution in [0.1, 0.15) is 25.7 Å². The lowest BCUT2D eigenvalue weighted by Crippen LogP contribution is -2.47. The molecule has 0 radical (unpaired) electrons. The molecule has 18 heavy (non-hydrogen) atoms. The van der Waals surface area contributed by atoms with Crippen molar-refractivity contribution in [1.82, 2.24) is 4.90 Å². The van der Waals surface area contributed by atoms with Gasteiger partial charge in [-0.1, -0.05) is 0 Å². The summed E-state index contributed by atoms with van der Waals surface area (Å²) in [4.78, 5) is 24.3. The average molecular weight is 257 g/mol. The van der Waals surface area contributed by atoms with Crippen LogP contribution in [0.4, 0.5) is 0 Å². The fraction of sp³-hybridized carbons (Fsp3) is 0.833. The van der Waals surface area contributed by atoms with Crippen molar-refractivity contribution < 1.29 is 24.2 Å². The Morgan fingerprint density at radius 3 is 2.61 bits per heavy atom. The molecule has 0 unspecified atom stereocenters. The average Bonchev–Trinajstić information content (AvgIpc) is 2.81. The van der Waals surface area contributed by atoms with Crippen LogP contribution in [0.25, 0.3) is 0 Å². The fourth-order valence-electron chi connectivity index (χ4n) is 2.39. The molecule has 0 bridgehead atoms. The van der Waals surface area contributed by atoms with Crippen LogP contribution in [-0.4, -0.2) is 60.4 Å². The highest BCUT2D eigenvalue weighted by Gasteiger charge is 2.28. The van der Waals surface area contributed by atoms with Crippen molar-refractivity contribution in [2.75, 3.05) is 26.3 Å². The van der Waals surface area contributed by atoms with E-state index in [0.29, 0.717) is 26.1 Å². The molecule has 6 heteroatoms. The van der Waals surface area contributed by atoms with Crippen molar-refractivity contribution >= 4 is 11.9 Å². The number of hydrogen-bond acceptors (Lipinski definition) is 4. The number of amides is 1. The van der Waals surface area contributed by atoms with Crippen molar-refractivity contribution in [2.24, 2.45) is 0 Å². The van der Waals surface area contributed by atoms with Gasteiger partial charge in [-0.3, -0.25) is 9.59 Å². The smallest absolute Gasteiger partial charge is 0.306 e. The zero-order valence-electron chi connectivity index (χ0n) is 10.3. The van der Waals surface area contributed by atoms with Crippen LogP contribution in [-0.2, 0) is 19.1 Å². The summed E-state index contributed by atoms with van der Waals surface area (Å²) in [5, 5.41) is 8.72. The molecule has 2 rings (SSSR count). The van der Waals surface area contributed by atoms with Gasteiger partial charge >= 0.3 is 5.97 Å². The van der Waals surface area contributed by atoms with Crippen LogP contribution < -0.4 is 0 Å². The summed E-state index contributed by atoms with van der Waals surface area (Å²) >= 11 is 0. The molecule has 6 nitrogen and oxygen atoms in total. The standard InChI is InChI=1S/C12H19NO5/c14-11(6-9-2-1-4-17-9)13-3-5-18-10(8-13)7-12(15)16/h9-10H,1-8H2,(H,15,16)/t9-,10-/m0/s1. The number of carboxylic acids is 1. The van der Waals surface area contributed by atoms with Crippen molar-refractivity contribution in [3.05, 3.63) is 0 Å². The Hall–Kier alpha value is -1.14. The third-order valence-electron chi connectivity index (χ3n) is 3.32. The highest BCUT2D eigenvalue weighted by Crippen LogP contribution is 2.18. The maximum absolute atomic E-state index is 12.0. The van der Waals surface area contributed by atoms with E-state index in [1.54, 1.807) is 4.90 Å². The SMILES string of the molecule is O=C(O)C[C@H]1CN(C(=O)C[C@@H]2CCCO2)CCO1. The van der Waals surface area contributed by atoms with E-state index in [2.05, 4.69) is 0 Å². The molecular formula is C12H19NO5. The first-order valence-corrected chi connectivity index (χ1v) is 6.38. The molecule has 2 heterocycles. The predicted molar refractivity (Wildman–Crippen MR) is 62.2 cm³/mol. The van der Waals surface area contributed by atoms with E-state index in [1.807, 2.05) is 0 Å². The quantitative estimate of drug-likeness (QED) is 0.781. The van der Waals surface area contributed by atoms with Gasteiger partial charge in [-0.05, 0) is 12.8 Å². The Labute approximate surface area is 106 Å². The number of morpholine rings is 1. The molecule has 2 aliphatic rings. The number of hydrogen-bond donors (Lipinski definition) is 1. The largest absolute Gasteiger partial charge is 0.481 e. The number of carbonyl (C=O) groups is 2. The van der Waals surface area contributed by atoms with E-state index in [-0.39, 0.29) is 24.5 Å². The highest BCUT2D eigenvalue weighted by molar-refractivity contribution is 5.77. The molecule has 0 aromatic rings. The molecule has 0 aliphatic carbocycles. The van der Waals surface area contributed by atoms with Gasteiger partial charge in [-0.15, -0.1) is 0 Å². The van der Waals surface area contributed by atoms with Crippen LogP contribution in [0.5, 0.6) is 0 Å². The topological polar surface area (TPSA) is 76.1 Å². The number of rotatable bonds is 4. The summed E-state index contributed by atoms with van der Waals surface area (Å²) in [6, 6.07) is 0. The van der Waals surface area contributed by atoms with Crippen molar-refractivity contribution in [3.63, 3.8) is 0 Å². The normalized spacial score (nSPS) is 28.3. The molecule has 1 amide bonds. The lowest BCUT2D eigenvalue weighted by molar-refractivity contribution is -0.148. The lowest BCUT2D eigenvalue weighted by atomic mass is 10.1. The minimum atomic E-state index is -0.895. The van der Waals surface area contributed by atoms with Crippen molar-refractivity contribution in [3.8, 4) is 0 Å². The number of carboxylic acid groups (broad SMARTS) is 1. The number of ether oxygens (including phenoxy) is 2. The molecule has 102 valence electrons. The minimum absolute atomic E-state index is 0.0401. The van der Waals surface area contributed by atoms with E-state index in [9.17, 15) is 9.59 Å². The molecule has 2 saturated heterocycles. The van der Waals surface area contributed by atoms with Crippen molar-refractivity contribution in [1.29, 1.82) is 0 Å². The molecule has 2 aliphatic heterocycles. The molecule has 0 spiro atoms. The van der Waals surface area contributed by atoms with Gasteiger partial charge in [0.2, 0.25) is 5.91 Å². The molecule has 1 N–H and O–H groups in total. The lowest BCUT2D eigenvalue weighted by Gasteiger charge is -2.32. The summed E-state index contributed by atoms with van der Waals surface area (Å²) < 4.78 is 10.8. The fourth-order valence-corrected chi connectivity index (χ4v) is 2.39. The Morgan fingerprint density at radius 1 is 1.17 bits per heavy atom. The second-order valence-electron chi connectivity index (χ2n) is 4.77. The summed E-state index contributed by atoms with van der Waals surface area (Å²) in [7, 11) is 0. The third kappa shape index (κ3) is 3.68. The monoisotopic (exact) mass is 257 g/mol. The zero-order valence-corrected chi connectivity index (χ0v) is 10.3. The van der Waals surface area contributed by atoms with Gasteiger partial charge in [0.15, 0.2) is 0 Å². The summed E-state index contributed by atoms with van der Waals surface area (Å²) in [5.41, 5.74) is 0. The van der Waals surface area contributed by atoms with E-state index < -0.39 is 5.97 Å². The summed E-state index contributed by atoms with van der Waals surface area (Å²) in [5.74, 6) is -0.853. The summed E-state index contributed by atoms with van der Waals surface area (Å²) in [6.45, 7) is 2.07. The maximum Gasteiger partial charge on any atom is 0.306 e. The Morgan fingerprint density at radius 2 is 1.94 bits per heavy atom.